The van der Waals surface area contributed by atoms with Gasteiger partial charge in [0.05, 0.1) is 6.54 Å². The lowest BCUT2D eigenvalue weighted by Crippen LogP contribution is -2.73. The number of carbonyl (C=O) groups excluding carboxylic acids is 1. The maximum atomic E-state index is 10.9. The lowest BCUT2D eigenvalue weighted by atomic mass is 9.86. The topological polar surface area (TPSA) is 251 Å². The number of carbonyl (C=O) groups is 1. The van der Waals surface area contributed by atoms with E-state index in [9.17, 15) is 28.0 Å². The summed E-state index contributed by atoms with van der Waals surface area (Å²) in [7, 11) is -5.28. The Kier molecular flexibility index (Phi) is 3.92. The molecule has 0 radical (unpaired) electrons. The van der Waals surface area contributed by atoms with Gasteiger partial charge in [-0.05, 0) is 0 Å². The van der Waals surface area contributed by atoms with Gasteiger partial charge in [-0.3, -0.25) is 4.18 Å². The van der Waals surface area contributed by atoms with Crippen molar-refractivity contribution >= 4 is 28.4 Å². The SMILES string of the molecule is NC(=O)OC[C@@H]1N=C(N)N2C[C@H](OS(=O)(=O)[O-])C(O)(O)[C@@]23N=C(N)N[C@@H]13.[H+]. The minimum absolute atomic E-state index is 0. The van der Waals surface area contributed by atoms with Gasteiger partial charge in [-0.25, -0.2) is 23.2 Å². The van der Waals surface area contributed by atoms with Crippen LogP contribution in [0.2, 0.25) is 0 Å². The molecule has 3 rings (SSSR count). The zero-order valence-electron chi connectivity index (χ0n) is 14.0. The summed E-state index contributed by atoms with van der Waals surface area (Å²) < 4.78 is 41.7. The largest absolute Gasteiger partial charge is 1.00 e. The number of amides is 1. The first-order valence-corrected chi connectivity index (χ1v) is 8.45. The predicted octanol–water partition coefficient (Wildman–Crippen LogP) is -5.28. The molecule has 0 bridgehead atoms. The molecular weight excluding hydrogens is 378 g/mol. The second-order valence-corrected chi connectivity index (χ2v) is 6.87. The third-order valence-corrected chi connectivity index (χ3v) is 4.84. The van der Waals surface area contributed by atoms with Crippen molar-refractivity contribution in [2.75, 3.05) is 13.2 Å². The van der Waals surface area contributed by atoms with Crippen molar-refractivity contribution in [2.45, 2.75) is 29.6 Å². The molecular formula is C10H17N7O8S. The van der Waals surface area contributed by atoms with E-state index < -0.39 is 59.3 Å². The summed E-state index contributed by atoms with van der Waals surface area (Å²) in [5.74, 6) is -3.55. The van der Waals surface area contributed by atoms with E-state index in [0.717, 1.165) is 4.90 Å². The quantitative estimate of drug-likeness (QED) is 0.148. The van der Waals surface area contributed by atoms with Crippen LogP contribution in [0, 0.1) is 0 Å². The molecule has 0 aromatic rings. The summed E-state index contributed by atoms with van der Waals surface area (Å²) in [5, 5.41) is 23.9. The summed E-state index contributed by atoms with van der Waals surface area (Å²) in [6.45, 7) is -0.949. The van der Waals surface area contributed by atoms with E-state index in [0.29, 0.717) is 0 Å². The number of guanidine groups is 2. The standard InChI is InChI=1S/C10H17N7O8S/c11-6-15-5-3(2-24-8(13)18)14-7(12)17-1-4(25-26(21,22)23)10(19,20)9(5,17)16-6/h3-5,19-20H,1-2H2,(H2,12,14)(H2,13,18)(H3,11,15,16)(H,21,22,23)/t3-,4-,5-,9-/m0/s1. The van der Waals surface area contributed by atoms with Gasteiger partial charge in [-0.2, -0.15) is 0 Å². The van der Waals surface area contributed by atoms with Crippen LogP contribution >= 0.6 is 0 Å². The smallest absolute Gasteiger partial charge is 0.726 e. The molecule has 3 heterocycles. The molecule has 4 atom stereocenters. The molecule has 15 nitrogen and oxygen atoms in total. The lowest BCUT2D eigenvalue weighted by Gasteiger charge is -2.47. The average molecular weight is 395 g/mol. The Labute approximate surface area is 147 Å². The number of nitrogens with one attached hydrogen (secondary N) is 1. The van der Waals surface area contributed by atoms with Gasteiger partial charge in [0.2, 0.25) is 21.8 Å². The van der Waals surface area contributed by atoms with Crippen LogP contribution in [0.3, 0.4) is 0 Å². The van der Waals surface area contributed by atoms with E-state index in [4.69, 9.17) is 17.2 Å². The van der Waals surface area contributed by atoms with Gasteiger partial charge in [0.25, 0.3) is 0 Å². The van der Waals surface area contributed by atoms with Crippen LogP contribution in [0.4, 0.5) is 4.79 Å². The van der Waals surface area contributed by atoms with Gasteiger partial charge < -0.3 is 46.9 Å². The molecule has 1 spiro atoms. The predicted molar refractivity (Wildman–Crippen MR) is 81.8 cm³/mol. The second-order valence-electron chi connectivity index (χ2n) is 5.86. The van der Waals surface area contributed by atoms with Crippen molar-refractivity contribution in [3.63, 3.8) is 0 Å². The van der Waals surface area contributed by atoms with Crippen molar-refractivity contribution < 1.29 is 38.3 Å². The minimum atomic E-state index is -5.28. The van der Waals surface area contributed by atoms with Gasteiger partial charge in [-0.1, -0.05) is 0 Å². The number of hydrogen-bond donors (Lipinski definition) is 6. The molecule has 1 saturated heterocycles. The number of primary amides is 1. The fourth-order valence-electron chi connectivity index (χ4n) is 3.44. The van der Waals surface area contributed by atoms with Crippen molar-refractivity contribution in [3.8, 4) is 0 Å². The Morgan fingerprint density at radius 1 is 1.50 bits per heavy atom. The molecule has 0 saturated carbocycles. The molecule has 0 aromatic heterocycles. The molecule has 1 fully saturated rings. The summed E-state index contributed by atoms with van der Waals surface area (Å²) >= 11 is 0. The fraction of sp³-hybridized carbons (Fsp3) is 0.700. The number of nitrogens with zero attached hydrogens (tertiary/aromatic N) is 3. The summed E-state index contributed by atoms with van der Waals surface area (Å²) in [6, 6.07) is -2.13. The van der Waals surface area contributed by atoms with Crippen LogP contribution in [0.1, 0.15) is 1.43 Å². The lowest BCUT2D eigenvalue weighted by molar-refractivity contribution is -0.248. The van der Waals surface area contributed by atoms with E-state index in [1.807, 2.05) is 0 Å². The highest BCUT2D eigenvalue weighted by Crippen LogP contribution is 2.47. The zero-order chi connectivity index (χ0) is 19.5. The Hall–Kier alpha value is -2.40. The number of aliphatic imine (C=N–C) groups is 2. The van der Waals surface area contributed by atoms with E-state index in [-0.39, 0.29) is 13.3 Å². The van der Waals surface area contributed by atoms with Crippen LogP contribution in [-0.2, 0) is 19.3 Å². The number of nitrogens with two attached hydrogens (primary N) is 3. The molecule has 0 aromatic carbocycles. The first-order valence-electron chi connectivity index (χ1n) is 7.12. The van der Waals surface area contributed by atoms with Crippen molar-refractivity contribution in [1.82, 2.24) is 10.2 Å². The molecule has 26 heavy (non-hydrogen) atoms. The highest BCUT2D eigenvalue weighted by molar-refractivity contribution is 7.80. The number of ether oxygens (including phenoxy) is 1. The van der Waals surface area contributed by atoms with Gasteiger partial charge in [0.15, 0.2) is 18.0 Å². The third kappa shape index (κ3) is 2.58. The number of rotatable bonds is 4. The summed E-state index contributed by atoms with van der Waals surface area (Å²) in [4.78, 5) is 19.9. The first-order chi connectivity index (χ1) is 11.9. The molecule has 146 valence electrons. The Balaban J connectivity index is 0.00000261. The zero-order valence-corrected chi connectivity index (χ0v) is 13.8. The monoisotopic (exact) mass is 395 g/mol. The van der Waals surface area contributed by atoms with Crippen LogP contribution in [0.25, 0.3) is 0 Å². The third-order valence-electron chi connectivity index (χ3n) is 4.37. The van der Waals surface area contributed by atoms with Gasteiger partial charge in [0, 0.05) is 0 Å². The van der Waals surface area contributed by atoms with Gasteiger partial charge >= 0.3 is 7.52 Å². The second kappa shape index (κ2) is 5.55. The van der Waals surface area contributed by atoms with Crippen molar-refractivity contribution in [3.05, 3.63) is 0 Å². The molecule has 16 heteroatoms. The van der Waals surface area contributed by atoms with Crippen molar-refractivity contribution in [2.24, 2.45) is 27.2 Å². The summed E-state index contributed by atoms with van der Waals surface area (Å²) in [6.07, 6.45) is -3.04. The van der Waals surface area contributed by atoms with Crippen LogP contribution in [-0.4, -0.2) is 88.9 Å². The molecule has 3 aliphatic rings. The van der Waals surface area contributed by atoms with E-state index in [2.05, 4.69) is 24.2 Å². The molecule has 0 aliphatic carbocycles. The molecule has 9 N–H and O–H groups in total. The molecule has 0 unspecified atom stereocenters. The molecule has 3 aliphatic heterocycles. The van der Waals surface area contributed by atoms with Crippen LogP contribution < -0.4 is 22.5 Å². The fourth-order valence-corrected chi connectivity index (χ4v) is 3.92. The van der Waals surface area contributed by atoms with Crippen LogP contribution in [0.15, 0.2) is 9.98 Å². The maximum absolute atomic E-state index is 10.9. The Morgan fingerprint density at radius 2 is 2.15 bits per heavy atom. The molecule has 1 amide bonds. The minimum Gasteiger partial charge on any atom is -0.726 e. The first kappa shape index (κ1) is 18.4. The summed E-state index contributed by atoms with van der Waals surface area (Å²) in [5.41, 5.74) is 14.3. The van der Waals surface area contributed by atoms with Crippen LogP contribution in [0.5, 0.6) is 0 Å². The van der Waals surface area contributed by atoms with Gasteiger partial charge in [0.1, 0.15) is 18.7 Å². The Bertz CT molecular complexity index is 803. The normalized spacial score (nSPS) is 35.0. The van der Waals surface area contributed by atoms with E-state index in [1.165, 1.54) is 0 Å². The maximum Gasteiger partial charge on any atom is 1.00 e. The highest BCUT2D eigenvalue weighted by Gasteiger charge is 2.74. The number of aliphatic hydroxyl groups is 2. The van der Waals surface area contributed by atoms with E-state index in [1.54, 1.807) is 0 Å². The Morgan fingerprint density at radius 3 is 2.73 bits per heavy atom. The average Bonchev–Trinajstić information content (AvgIpc) is 2.93. The highest BCUT2D eigenvalue weighted by atomic mass is 32.3. The van der Waals surface area contributed by atoms with Crippen molar-refractivity contribution in [1.29, 1.82) is 0 Å². The number of hydrogen-bond acceptors (Lipinski definition) is 14. The van der Waals surface area contributed by atoms with E-state index >= 15 is 0 Å². The van der Waals surface area contributed by atoms with Gasteiger partial charge in [-0.15, -0.1) is 0 Å².